The van der Waals surface area contributed by atoms with Crippen molar-refractivity contribution >= 4 is 30.0 Å². The quantitative estimate of drug-likeness (QED) is 0.156. The fourth-order valence-corrected chi connectivity index (χ4v) is 5.14. The van der Waals surface area contributed by atoms with Crippen molar-refractivity contribution in [2.45, 2.75) is 77.1 Å². The van der Waals surface area contributed by atoms with Crippen molar-refractivity contribution in [2.24, 2.45) is 5.92 Å². The predicted molar refractivity (Wildman–Crippen MR) is 146 cm³/mol. The third-order valence-electron chi connectivity index (χ3n) is 7.27. The van der Waals surface area contributed by atoms with Crippen molar-refractivity contribution in [1.82, 2.24) is 9.80 Å². The highest BCUT2D eigenvalue weighted by molar-refractivity contribution is 5.89. The molecule has 0 aliphatic carbocycles. The summed E-state index contributed by atoms with van der Waals surface area (Å²) in [6.45, 7) is 10.6. The Morgan fingerprint density at radius 3 is 2.64 bits per heavy atom. The first-order chi connectivity index (χ1) is 18.8. The van der Waals surface area contributed by atoms with Crippen LogP contribution in [-0.2, 0) is 41.7 Å². The number of nitrogens with zero attached hydrogens (tertiary/aromatic N) is 2. The normalized spacial score (nSPS) is 18.7. The van der Waals surface area contributed by atoms with Gasteiger partial charge in [0.2, 0.25) is 5.91 Å². The van der Waals surface area contributed by atoms with Crippen LogP contribution in [0.2, 0.25) is 0 Å². The van der Waals surface area contributed by atoms with Gasteiger partial charge >= 0.3 is 18.0 Å². The molecular formula is C30H40N2O7. The number of ether oxygens (including phenoxy) is 3. The third kappa shape index (κ3) is 7.71. The van der Waals surface area contributed by atoms with E-state index in [1.54, 1.807) is 17.1 Å². The highest BCUT2D eigenvalue weighted by Gasteiger charge is 2.44. The zero-order chi connectivity index (χ0) is 28.4. The predicted octanol–water partition coefficient (Wildman–Crippen LogP) is 4.63. The number of hydrogen-bond acceptors (Lipinski definition) is 7. The van der Waals surface area contributed by atoms with Crippen LogP contribution in [0.15, 0.2) is 37.4 Å². The molecule has 0 saturated carbocycles. The van der Waals surface area contributed by atoms with Crippen molar-refractivity contribution in [1.29, 1.82) is 0 Å². The van der Waals surface area contributed by atoms with Gasteiger partial charge in [-0.25, -0.2) is 9.59 Å². The van der Waals surface area contributed by atoms with Gasteiger partial charge in [-0.3, -0.25) is 14.5 Å². The Morgan fingerprint density at radius 1 is 1.15 bits per heavy atom. The summed E-state index contributed by atoms with van der Waals surface area (Å²) in [6, 6.07) is 4.96. The first-order valence-corrected chi connectivity index (χ1v) is 13.7. The number of rotatable bonds is 13. The second kappa shape index (κ2) is 14.5. The lowest BCUT2D eigenvalue weighted by molar-refractivity contribution is -0.154. The van der Waals surface area contributed by atoms with Crippen LogP contribution in [0, 0.1) is 5.92 Å². The maximum atomic E-state index is 13.6. The third-order valence-corrected chi connectivity index (χ3v) is 7.27. The van der Waals surface area contributed by atoms with Gasteiger partial charge in [-0.1, -0.05) is 56.7 Å². The second-order valence-corrected chi connectivity index (χ2v) is 10.0. The minimum absolute atomic E-state index is 0.0556. The molecule has 0 bridgehead atoms. The molecule has 39 heavy (non-hydrogen) atoms. The van der Waals surface area contributed by atoms with Gasteiger partial charge in [-0.15, -0.1) is 6.58 Å². The summed E-state index contributed by atoms with van der Waals surface area (Å²) in [5, 5.41) is 0. The van der Waals surface area contributed by atoms with E-state index in [1.165, 1.54) is 12.0 Å². The molecule has 3 rings (SSSR count). The number of carbonyl (C=O) groups excluding carboxylic acids is 4. The van der Waals surface area contributed by atoms with Crippen molar-refractivity contribution in [2.75, 3.05) is 20.3 Å². The van der Waals surface area contributed by atoms with E-state index in [1.807, 2.05) is 25.1 Å². The maximum absolute atomic E-state index is 13.6. The van der Waals surface area contributed by atoms with Crippen LogP contribution < -0.4 is 0 Å². The van der Waals surface area contributed by atoms with Crippen LogP contribution in [0.3, 0.4) is 0 Å². The Balaban J connectivity index is 1.66. The lowest BCUT2D eigenvalue weighted by Gasteiger charge is -2.27. The van der Waals surface area contributed by atoms with Crippen molar-refractivity contribution < 1.29 is 33.4 Å². The maximum Gasteiger partial charge on any atom is 0.410 e. The largest absolute Gasteiger partial charge is 0.467 e. The molecule has 2 amide bonds. The molecule has 1 fully saturated rings. The SMILES string of the molecule is C=CCCCOC(=O)C[C@@H](CCCC)C(=O)N1C[C@H](OC(=O)N2Cc3cccc(C=C)c3C2)C[C@H]1C(=O)OC. The van der Waals surface area contributed by atoms with E-state index in [-0.39, 0.29) is 31.9 Å². The average Bonchev–Trinajstić information content (AvgIpc) is 3.57. The highest BCUT2D eigenvalue weighted by atomic mass is 16.6. The van der Waals surface area contributed by atoms with Crippen molar-refractivity contribution in [3.8, 4) is 0 Å². The number of allylic oxidation sites excluding steroid dienone is 1. The van der Waals surface area contributed by atoms with Gasteiger partial charge in [-0.2, -0.15) is 0 Å². The molecule has 0 radical (unpaired) electrons. The molecular weight excluding hydrogens is 500 g/mol. The zero-order valence-corrected chi connectivity index (χ0v) is 23.1. The first-order valence-electron chi connectivity index (χ1n) is 13.7. The van der Waals surface area contributed by atoms with Crippen LogP contribution in [0.1, 0.15) is 68.6 Å². The molecule has 3 atom stereocenters. The number of carbonyl (C=O) groups is 4. The topological polar surface area (TPSA) is 102 Å². The molecule has 2 heterocycles. The number of hydrogen-bond donors (Lipinski definition) is 0. The van der Waals surface area contributed by atoms with Crippen LogP contribution in [0.25, 0.3) is 6.08 Å². The summed E-state index contributed by atoms with van der Waals surface area (Å²) in [5.74, 6) is -1.99. The van der Waals surface area contributed by atoms with Crippen molar-refractivity contribution in [3.63, 3.8) is 0 Å². The number of fused-ring (bicyclic) bond motifs is 1. The molecule has 0 aromatic heterocycles. The lowest BCUT2D eigenvalue weighted by atomic mass is 9.96. The van der Waals surface area contributed by atoms with E-state index < -0.39 is 36.1 Å². The molecule has 0 unspecified atom stereocenters. The first kappa shape index (κ1) is 29.9. The minimum atomic E-state index is -0.892. The molecule has 1 saturated heterocycles. The van der Waals surface area contributed by atoms with Crippen LogP contribution in [0.4, 0.5) is 4.79 Å². The number of benzene rings is 1. The summed E-state index contributed by atoms with van der Waals surface area (Å²) in [5.41, 5.74) is 3.05. The summed E-state index contributed by atoms with van der Waals surface area (Å²) < 4.78 is 16.1. The Hall–Kier alpha value is -3.62. The van der Waals surface area contributed by atoms with Gasteiger partial charge in [0.05, 0.1) is 33.2 Å². The summed E-state index contributed by atoms with van der Waals surface area (Å²) in [4.78, 5) is 54.8. The second-order valence-electron chi connectivity index (χ2n) is 10.0. The summed E-state index contributed by atoms with van der Waals surface area (Å²) in [6.07, 6.45) is 5.90. The molecule has 0 spiro atoms. The molecule has 1 aromatic carbocycles. The molecule has 2 aliphatic heterocycles. The Bertz CT molecular complexity index is 1070. The smallest absolute Gasteiger partial charge is 0.410 e. The van der Waals surface area contributed by atoms with E-state index in [0.29, 0.717) is 25.9 Å². The number of amides is 2. The van der Waals surface area contributed by atoms with E-state index in [9.17, 15) is 19.2 Å². The van der Waals surface area contributed by atoms with E-state index in [4.69, 9.17) is 14.2 Å². The monoisotopic (exact) mass is 540 g/mol. The zero-order valence-electron chi connectivity index (χ0n) is 23.1. The highest BCUT2D eigenvalue weighted by Crippen LogP contribution is 2.30. The molecule has 2 aliphatic rings. The molecule has 212 valence electrons. The molecule has 9 nitrogen and oxygen atoms in total. The number of methoxy groups -OCH3 is 1. The van der Waals surface area contributed by atoms with Crippen LogP contribution >= 0.6 is 0 Å². The van der Waals surface area contributed by atoms with Gasteiger partial charge in [0.1, 0.15) is 12.1 Å². The number of esters is 2. The lowest BCUT2D eigenvalue weighted by Crippen LogP contribution is -2.44. The molecule has 0 N–H and O–H groups in total. The van der Waals surface area contributed by atoms with E-state index >= 15 is 0 Å². The van der Waals surface area contributed by atoms with Gasteiger partial charge in [0.25, 0.3) is 0 Å². The number of unbranched alkanes of at least 4 members (excludes halogenated alkanes) is 2. The van der Waals surface area contributed by atoms with Crippen LogP contribution in [0.5, 0.6) is 0 Å². The molecule has 1 aromatic rings. The summed E-state index contributed by atoms with van der Waals surface area (Å²) in [7, 11) is 1.26. The van der Waals surface area contributed by atoms with Crippen LogP contribution in [-0.4, -0.2) is 66.1 Å². The van der Waals surface area contributed by atoms with Gasteiger partial charge in [0, 0.05) is 18.9 Å². The molecule has 9 heteroatoms. The fourth-order valence-electron chi connectivity index (χ4n) is 5.14. The average molecular weight is 541 g/mol. The van der Waals surface area contributed by atoms with Gasteiger partial charge in [-0.05, 0) is 36.0 Å². The Labute approximate surface area is 230 Å². The Kier molecular flexibility index (Phi) is 11.1. The van der Waals surface area contributed by atoms with Gasteiger partial charge in [0.15, 0.2) is 0 Å². The Morgan fingerprint density at radius 2 is 1.95 bits per heavy atom. The van der Waals surface area contributed by atoms with E-state index in [2.05, 4.69) is 13.2 Å². The van der Waals surface area contributed by atoms with E-state index in [0.717, 1.165) is 36.0 Å². The minimum Gasteiger partial charge on any atom is -0.467 e. The van der Waals surface area contributed by atoms with Gasteiger partial charge < -0.3 is 19.1 Å². The summed E-state index contributed by atoms with van der Waals surface area (Å²) >= 11 is 0. The van der Waals surface area contributed by atoms with Crippen molar-refractivity contribution in [3.05, 3.63) is 54.1 Å². The standard InChI is InChI=1S/C30H40N2O7/c1-5-8-10-15-38-27(33)16-22(12-9-6-2)28(34)32-19-24(17-26(32)29(35)37-4)39-30(36)31-18-23-14-11-13-21(7-3)25(23)20-31/h5,7,11,13-14,22,24,26H,1,3,6,8-10,12,15-20H2,2,4H3/t22-,24-,26+/m1/s1. The number of likely N-dealkylation sites (tertiary alicyclic amines) is 1. The fraction of sp³-hybridized carbons (Fsp3) is 0.533.